The molecule has 2 aromatic carbocycles. The summed E-state index contributed by atoms with van der Waals surface area (Å²) >= 11 is 3.09. The van der Waals surface area contributed by atoms with Crippen molar-refractivity contribution in [2.45, 2.75) is 70.8 Å². The molecular weight excluding hydrogens is 607 g/mol. The average Bonchev–Trinajstić information content (AvgIpc) is 2.96. The summed E-state index contributed by atoms with van der Waals surface area (Å²) in [6.45, 7) is 9.56. The molecule has 0 N–H and O–H groups in total. The molecule has 0 saturated carbocycles. The number of hydrogen-bond donors (Lipinski definition) is 0. The second-order valence-corrected chi connectivity index (χ2v) is 12.6. The van der Waals surface area contributed by atoms with Crippen LogP contribution in [0, 0.1) is 13.8 Å². The zero-order chi connectivity index (χ0) is 30.1. The number of likely N-dealkylation sites (tertiary alicyclic amines) is 2. The van der Waals surface area contributed by atoms with Crippen LogP contribution in [-0.4, -0.2) is 63.4 Å². The summed E-state index contributed by atoms with van der Waals surface area (Å²) in [5.74, 6) is -0.00404. The molecule has 3 aromatic rings. The summed E-state index contributed by atoms with van der Waals surface area (Å²) in [6, 6.07) is 14.6. The summed E-state index contributed by atoms with van der Waals surface area (Å²) in [5.41, 5.74) is 2.96. The lowest BCUT2D eigenvalue weighted by atomic mass is 9.85. The molecular formula is C32H37BrF3N5O. The Morgan fingerprint density at radius 2 is 1.62 bits per heavy atom. The van der Waals surface area contributed by atoms with Gasteiger partial charge in [-0.15, -0.1) is 0 Å². The highest BCUT2D eigenvalue weighted by Crippen LogP contribution is 2.39. The molecule has 0 spiro atoms. The Balaban J connectivity index is 1.28. The van der Waals surface area contributed by atoms with Crippen molar-refractivity contribution in [1.29, 1.82) is 0 Å². The van der Waals surface area contributed by atoms with Crippen LogP contribution < -0.4 is 4.90 Å². The Morgan fingerprint density at radius 3 is 2.21 bits per heavy atom. The molecule has 0 aliphatic carbocycles. The summed E-state index contributed by atoms with van der Waals surface area (Å²) in [5, 5.41) is 0. The van der Waals surface area contributed by atoms with Gasteiger partial charge in [0.2, 0.25) is 0 Å². The Labute approximate surface area is 254 Å². The number of carbonyl (C=O) groups is 1. The lowest BCUT2D eigenvalue weighted by Crippen LogP contribution is -2.58. The average molecular weight is 645 g/mol. The standard InChI is InChI=1S/C32H37BrF3N5O/c1-22-29(23(2)38-21-37-22)30(42)39-17-13-31(3,14-18-39)40-15-11-25(12-16-40)41(20-24-7-5-4-6-8-24)26-9-10-28(33)27(19-26)32(34,35)36/h4-10,19,21,25H,11-18,20H2,1-3H3. The summed E-state index contributed by atoms with van der Waals surface area (Å²) < 4.78 is 41.4. The maximum Gasteiger partial charge on any atom is 0.417 e. The van der Waals surface area contributed by atoms with Gasteiger partial charge < -0.3 is 9.80 Å². The number of rotatable bonds is 6. The Morgan fingerprint density at radius 1 is 1.00 bits per heavy atom. The Bertz CT molecular complexity index is 1380. The number of carbonyl (C=O) groups excluding carboxylic acids is 1. The monoisotopic (exact) mass is 643 g/mol. The van der Waals surface area contributed by atoms with Gasteiger partial charge >= 0.3 is 6.18 Å². The molecule has 1 aromatic heterocycles. The lowest BCUT2D eigenvalue weighted by Gasteiger charge is -2.50. The molecule has 42 heavy (non-hydrogen) atoms. The van der Waals surface area contributed by atoms with Gasteiger partial charge in [0.1, 0.15) is 6.33 Å². The minimum atomic E-state index is -4.44. The van der Waals surface area contributed by atoms with Gasteiger partial charge in [0, 0.05) is 54.5 Å². The molecule has 2 fully saturated rings. The molecule has 10 heteroatoms. The van der Waals surface area contributed by atoms with Gasteiger partial charge in [-0.05, 0) is 70.2 Å². The number of nitrogens with zero attached hydrogens (tertiary/aromatic N) is 5. The molecule has 0 bridgehead atoms. The number of alkyl halides is 3. The summed E-state index contributed by atoms with van der Waals surface area (Å²) in [7, 11) is 0. The first-order valence-corrected chi connectivity index (χ1v) is 15.3. The smallest absolute Gasteiger partial charge is 0.364 e. The second kappa shape index (κ2) is 12.3. The number of hydrogen-bond acceptors (Lipinski definition) is 5. The van der Waals surface area contributed by atoms with Crippen LogP contribution >= 0.6 is 15.9 Å². The number of anilines is 1. The van der Waals surface area contributed by atoms with E-state index in [0.29, 0.717) is 42.3 Å². The highest BCUT2D eigenvalue weighted by atomic mass is 79.9. The molecule has 0 unspecified atom stereocenters. The first kappa shape index (κ1) is 30.5. The van der Waals surface area contributed by atoms with E-state index in [4.69, 9.17) is 0 Å². The number of piperidine rings is 2. The van der Waals surface area contributed by atoms with E-state index in [1.54, 1.807) is 6.07 Å². The highest BCUT2D eigenvalue weighted by molar-refractivity contribution is 9.10. The molecule has 1 amide bonds. The van der Waals surface area contributed by atoms with Gasteiger partial charge in [-0.1, -0.05) is 46.3 Å². The van der Waals surface area contributed by atoms with Crippen LogP contribution in [0.25, 0.3) is 0 Å². The third-order valence-electron chi connectivity index (χ3n) is 9.02. The van der Waals surface area contributed by atoms with E-state index in [1.807, 2.05) is 49.1 Å². The van der Waals surface area contributed by atoms with Crippen LogP contribution in [0.15, 0.2) is 59.3 Å². The zero-order valence-electron chi connectivity index (χ0n) is 24.3. The van der Waals surface area contributed by atoms with Crippen molar-refractivity contribution in [3.63, 3.8) is 0 Å². The first-order valence-electron chi connectivity index (χ1n) is 14.5. The fourth-order valence-corrected chi connectivity index (χ4v) is 6.88. The van der Waals surface area contributed by atoms with E-state index in [-0.39, 0.29) is 22.0 Å². The van der Waals surface area contributed by atoms with E-state index >= 15 is 0 Å². The van der Waals surface area contributed by atoms with Crippen molar-refractivity contribution in [1.82, 2.24) is 19.8 Å². The maximum absolute atomic E-state index is 13.8. The van der Waals surface area contributed by atoms with Crippen LogP contribution in [0.4, 0.5) is 18.9 Å². The van der Waals surface area contributed by atoms with Crippen molar-refractivity contribution in [2.24, 2.45) is 0 Å². The van der Waals surface area contributed by atoms with Crippen LogP contribution in [0.1, 0.15) is 65.5 Å². The molecule has 6 nitrogen and oxygen atoms in total. The first-order chi connectivity index (χ1) is 20.0. The number of amides is 1. The van der Waals surface area contributed by atoms with Gasteiger partial charge in [-0.2, -0.15) is 13.2 Å². The fraction of sp³-hybridized carbons (Fsp3) is 0.469. The fourth-order valence-electron chi connectivity index (χ4n) is 6.41. The third-order valence-corrected chi connectivity index (χ3v) is 9.71. The highest BCUT2D eigenvalue weighted by Gasteiger charge is 2.40. The van der Waals surface area contributed by atoms with E-state index in [2.05, 4.69) is 42.6 Å². The van der Waals surface area contributed by atoms with Crippen LogP contribution in [-0.2, 0) is 12.7 Å². The predicted octanol–water partition coefficient (Wildman–Crippen LogP) is 7.04. The van der Waals surface area contributed by atoms with Gasteiger partial charge in [0.25, 0.3) is 5.91 Å². The SMILES string of the molecule is Cc1ncnc(C)c1C(=O)N1CCC(C)(N2CCC(N(Cc3ccccc3)c3ccc(Br)c(C(F)(F)F)c3)CC2)CC1. The quantitative estimate of drug-likeness (QED) is 0.288. The van der Waals surface area contributed by atoms with Crippen LogP contribution in [0.5, 0.6) is 0 Å². The Kier molecular flexibility index (Phi) is 8.94. The molecule has 0 radical (unpaired) electrons. The minimum Gasteiger partial charge on any atom is -0.364 e. The zero-order valence-corrected chi connectivity index (χ0v) is 25.9. The van der Waals surface area contributed by atoms with E-state index in [9.17, 15) is 18.0 Å². The van der Waals surface area contributed by atoms with Crippen LogP contribution in [0.3, 0.4) is 0 Å². The van der Waals surface area contributed by atoms with E-state index in [1.165, 1.54) is 18.5 Å². The molecule has 224 valence electrons. The van der Waals surface area contributed by atoms with Gasteiger partial charge in [0.15, 0.2) is 0 Å². The number of aromatic nitrogens is 2. The Hall–Kier alpha value is -2.98. The van der Waals surface area contributed by atoms with Gasteiger partial charge in [0.05, 0.1) is 22.5 Å². The van der Waals surface area contributed by atoms with Crippen LogP contribution in [0.2, 0.25) is 0 Å². The van der Waals surface area contributed by atoms with Gasteiger partial charge in [-0.25, -0.2) is 9.97 Å². The van der Waals surface area contributed by atoms with Crippen molar-refractivity contribution >= 4 is 27.5 Å². The predicted molar refractivity (Wildman–Crippen MR) is 161 cm³/mol. The largest absolute Gasteiger partial charge is 0.417 e. The number of benzene rings is 2. The number of halogens is 4. The minimum absolute atomic E-state index is 0.00404. The molecule has 5 rings (SSSR count). The van der Waals surface area contributed by atoms with Gasteiger partial charge in [-0.3, -0.25) is 9.69 Å². The second-order valence-electron chi connectivity index (χ2n) is 11.7. The molecule has 3 heterocycles. The van der Waals surface area contributed by atoms with Crippen molar-refractivity contribution in [2.75, 3.05) is 31.1 Å². The van der Waals surface area contributed by atoms with E-state index < -0.39 is 11.7 Å². The molecule has 0 atom stereocenters. The normalized spacial score (nSPS) is 18.2. The molecule has 2 aliphatic rings. The van der Waals surface area contributed by atoms with E-state index in [0.717, 1.165) is 44.3 Å². The maximum atomic E-state index is 13.8. The molecule has 2 saturated heterocycles. The van der Waals surface area contributed by atoms with Crippen molar-refractivity contribution in [3.8, 4) is 0 Å². The van der Waals surface area contributed by atoms with Crippen molar-refractivity contribution in [3.05, 3.63) is 87.4 Å². The lowest BCUT2D eigenvalue weighted by molar-refractivity contribution is -0.138. The topological polar surface area (TPSA) is 52.6 Å². The third kappa shape index (κ3) is 6.49. The number of aryl methyl sites for hydroxylation is 2. The molecule has 2 aliphatic heterocycles. The summed E-state index contributed by atoms with van der Waals surface area (Å²) in [4.78, 5) is 28.3. The summed E-state index contributed by atoms with van der Waals surface area (Å²) in [6.07, 6.45) is 0.483. The van der Waals surface area contributed by atoms with Crippen molar-refractivity contribution < 1.29 is 18.0 Å².